The highest BCUT2D eigenvalue weighted by molar-refractivity contribution is 8.03. The van der Waals surface area contributed by atoms with Crippen molar-refractivity contribution in [2.45, 2.75) is 31.3 Å². The monoisotopic (exact) mass is 695 g/mol. The third kappa shape index (κ3) is 13.8. The lowest BCUT2D eigenvalue weighted by Gasteiger charge is -2.32. The summed E-state index contributed by atoms with van der Waals surface area (Å²) < 4.78 is 23.6. The van der Waals surface area contributed by atoms with E-state index in [1.807, 2.05) is 44.2 Å². The summed E-state index contributed by atoms with van der Waals surface area (Å²) in [6.45, 7) is 9.91. The minimum absolute atomic E-state index is 0.00761. The predicted octanol–water partition coefficient (Wildman–Crippen LogP) is 4.45. The summed E-state index contributed by atoms with van der Waals surface area (Å²) in [5.74, 6) is -2.17. The van der Waals surface area contributed by atoms with Gasteiger partial charge >= 0.3 is 11.9 Å². The fourth-order valence-electron chi connectivity index (χ4n) is 5.01. The Morgan fingerprint density at radius 3 is 1.80 bits per heavy atom. The number of rotatable bonds is 8. The van der Waals surface area contributed by atoms with Crippen molar-refractivity contribution in [2.75, 3.05) is 79.0 Å². The van der Waals surface area contributed by atoms with E-state index >= 15 is 0 Å². The molecule has 2 N–H and O–H groups in total. The van der Waals surface area contributed by atoms with Gasteiger partial charge in [-0.05, 0) is 53.7 Å². The van der Waals surface area contributed by atoms with Crippen molar-refractivity contribution in [3.8, 4) is 5.40 Å². The van der Waals surface area contributed by atoms with E-state index in [0.29, 0.717) is 97.0 Å². The number of pyridine rings is 2. The maximum Gasteiger partial charge on any atom is 0.354 e. The summed E-state index contributed by atoms with van der Waals surface area (Å²) in [5.41, 5.74) is 2.09. The third-order valence-electron chi connectivity index (χ3n) is 7.30. The fraction of sp³-hybridized carbons (Fsp3) is 0.457. The number of carboxylic acids is 2. The SMILES string of the molecule is CC.N#CSc1ccc(C(c2cccc(C(=O)O)n2)N2CCOCCOCCN(Cc3cccc(C(=O)O)n3)CCOCCOCC2)cc1. The van der Waals surface area contributed by atoms with Gasteiger partial charge in [-0.15, -0.1) is 0 Å². The number of benzene rings is 1. The van der Waals surface area contributed by atoms with E-state index in [0.717, 1.165) is 22.2 Å². The number of thiocyanates is 1. The third-order valence-corrected chi connectivity index (χ3v) is 7.90. The molecule has 4 rings (SSSR count). The molecule has 1 aromatic carbocycles. The molecule has 0 bridgehead atoms. The number of carbonyl (C=O) groups is 2. The maximum absolute atomic E-state index is 11.8. The molecule has 0 spiro atoms. The Bertz CT molecular complexity index is 1450. The molecule has 264 valence electrons. The van der Waals surface area contributed by atoms with Gasteiger partial charge in [0.2, 0.25) is 0 Å². The lowest BCUT2D eigenvalue weighted by molar-refractivity contribution is 0.00331. The molecule has 14 heteroatoms. The first kappa shape index (κ1) is 39.5. The molecule has 1 atom stereocenters. The highest BCUT2D eigenvalue weighted by atomic mass is 32.2. The standard InChI is InChI=1S/C33H39N5O8S.C2H6/c34-24-47-27-9-7-25(8-10-27)31(28-4-2-6-30(36-28)33(41)42)38-13-17-45-21-19-43-15-11-37(12-16-44-20-22-46-18-14-38)23-26-3-1-5-29(35-26)32(39)40;1-2/h1-10,31H,11-23H2,(H,39,40)(H,41,42);1-2H3. The average molecular weight is 696 g/mol. The lowest BCUT2D eigenvalue weighted by Crippen LogP contribution is -2.36. The highest BCUT2D eigenvalue weighted by Gasteiger charge is 2.25. The van der Waals surface area contributed by atoms with E-state index in [2.05, 4.69) is 25.2 Å². The topological polar surface area (TPSA) is 168 Å². The van der Waals surface area contributed by atoms with Crippen molar-refractivity contribution in [3.05, 3.63) is 89.0 Å². The number of nitrogens with zero attached hydrogens (tertiary/aromatic N) is 5. The van der Waals surface area contributed by atoms with Gasteiger partial charge in [-0.1, -0.05) is 38.1 Å². The molecule has 0 amide bonds. The average Bonchev–Trinajstić information content (AvgIpc) is 3.11. The van der Waals surface area contributed by atoms with Crippen molar-refractivity contribution in [1.29, 1.82) is 5.26 Å². The second-order valence-electron chi connectivity index (χ2n) is 10.5. The molecule has 1 aliphatic rings. The van der Waals surface area contributed by atoms with Crippen LogP contribution in [0.1, 0.15) is 57.8 Å². The number of hydrogen-bond acceptors (Lipinski definition) is 12. The highest BCUT2D eigenvalue weighted by Crippen LogP contribution is 2.29. The van der Waals surface area contributed by atoms with Gasteiger partial charge in [0.05, 0.1) is 70.3 Å². The van der Waals surface area contributed by atoms with E-state index in [4.69, 9.17) is 24.2 Å². The quantitative estimate of drug-likeness (QED) is 0.251. The first-order valence-corrected chi connectivity index (χ1v) is 17.1. The molecule has 0 saturated carbocycles. The Morgan fingerprint density at radius 1 is 0.755 bits per heavy atom. The van der Waals surface area contributed by atoms with Crippen LogP contribution in [-0.4, -0.2) is 121 Å². The van der Waals surface area contributed by atoms with Crippen LogP contribution in [0.15, 0.2) is 65.6 Å². The van der Waals surface area contributed by atoms with Gasteiger partial charge in [-0.3, -0.25) is 9.80 Å². The van der Waals surface area contributed by atoms with E-state index in [1.54, 1.807) is 18.2 Å². The Balaban J connectivity index is 0.00000319. The normalized spacial score (nSPS) is 16.9. The number of ether oxygens (including phenoxy) is 4. The van der Waals surface area contributed by atoms with Crippen LogP contribution in [0.4, 0.5) is 0 Å². The largest absolute Gasteiger partial charge is 0.477 e. The van der Waals surface area contributed by atoms with Gasteiger partial charge in [-0.25, -0.2) is 19.6 Å². The number of nitriles is 1. The molecular weight excluding hydrogens is 650 g/mol. The molecule has 2 aromatic heterocycles. The van der Waals surface area contributed by atoms with Crippen LogP contribution < -0.4 is 0 Å². The van der Waals surface area contributed by atoms with E-state index < -0.39 is 18.0 Å². The van der Waals surface area contributed by atoms with Crippen LogP contribution in [0.2, 0.25) is 0 Å². The molecule has 3 heterocycles. The Hall–Kier alpha value is -3.94. The molecule has 49 heavy (non-hydrogen) atoms. The van der Waals surface area contributed by atoms with E-state index in [-0.39, 0.29) is 11.4 Å². The second-order valence-corrected chi connectivity index (χ2v) is 11.4. The first-order chi connectivity index (χ1) is 23.9. The van der Waals surface area contributed by atoms with Crippen molar-refractivity contribution in [3.63, 3.8) is 0 Å². The van der Waals surface area contributed by atoms with Gasteiger partial charge in [0, 0.05) is 37.6 Å². The predicted molar refractivity (Wildman–Crippen MR) is 184 cm³/mol. The zero-order chi connectivity index (χ0) is 35.3. The fourth-order valence-corrected chi connectivity index (χ4v) is 5.39. The molecule has 1 unspecified atom stereocenters. The summed E-state index contributed by atoms with van der Waals surface area (Å²) in [5, 5.41) is 30.1. The Kier molecular flexibility index (Phi) is 18.3. The van der Waals surface area contributed by atoms with Crippen LogP contribution in [0.3, 0.4) is 0 Å². The first-order valence-electron chi connectivity index (χ1n) is 16.3. The molecule has 13 nitrogen and oxygen atoms in total. The molecule has 1 fully saturated rings. The maximum atomic E-state index is 11.8. The molecular formula is C35H45N5O8S. The number of aromatic carboxylic acids is 2. The summed E-state index contributed by atoms with van der Waals surface area (Å²) >= 11 is 1.07. The zero-order valence-electron chi connectivity index (χ0n) is 28.0. The zero-order valence-corrected chi connectivity index (χ0v) is 28.8. The summed E-state index contributed by atoms with van der Waals surface area (Å²) in [6.07, 6.45) is 0. The van der Waals surface area contributed by atoms with Crippen LogP contribution in [0, 0.1) is 10.7 Å². The van der Waals surface area contributed by atoms with E-state index in [1.165, 1.54) is 12.1 Å². The van der Waals surface area contributed by atoms with Crippen LogP contribution >= 0.6 is 11.8 Å². The summed E-state index contributed by atoms with van der Waals surface area (Å²) in [7, 11) is 0. The van der Waals surface area contributed by atoms with Crippen LogP contribution in [0.25, 0.3) is 0 Å². The number of hydrogen-bond donors (Lipinski definition) is 2. The number of aromatic nitrogens is 2. The lowest BCUT2D eigenvalue weighted by atomic mass is 10.0. The summed E-state index contributed by atoms with van der Waals surface area (Å²) in [6, 6.07) is 17.1. The van der Waals surface area contributed by atoms with Gasteiger partial charge in [0.25, 0.3) is 0 Å². The van der Waals surface area contributed by atoms with Crippen molar-refractivity contribution in [2.24, 2.45) is 0 Å². The van der Waals surface area contributed by atoms with Gasteiger partial charge in [0.15, 0.2) is 0 Å². The number of carboxylic acid groups (broad SMARTS) is 2. The van der Waals surface area contributed by atoms with Crippen LogP contribution in [0.5, 0.6) is 0 Å². The van der Waals surface area contributed by atoms with E-state index in [9.17, 15) is 19.8 Å². The van der Waals surface area contributed by atoms with Gasteiger partial charge < -0.3 is 29.2 Å². The minimum Gasteiger partial charge on any atom is -0.477 e. The van der Waals surface area contributed by atoms with Gasteiger partial charge in [0.1, 0.15) is 16.8 Å². The van der Waals surface area contributed by atoms with Crippen molar-refractivity contribution in [1.82, 2.24) is 19.8 Å². The minimum atomic E-state index is -1.11. The smallest absolute Gasteiger partial charge is 0.354 e. The molecule has 3 aromatic rings. The van der Waals surface area contributed by atoms with Crippen LogP contribution in [-0.2, 0) is 25.5 Å². The number of thioether (sulfide) groups is 1. The second kappa shape index (κ2) is 22.6. The van der Waals surface area contributed by atoms with Gasteiger partial charge in [-0.2, -0.15) is 5.26 Å². The Labute approximate surface area is 291 Å². The van der Waals surface area contributed by atoms with Crippen molar-refractivity contribution >= 4 is 23.7 Å². The van der Waals surface area contributed by atoms with Crippen molar-refractivity contribution < 1.29 is 38.7 Å². The Morgan fingerprint density at radius 2 is 1.27 bits per heavy atom. The molecule has 0 aliphatic carbocycles. The molecule has 1 aliphatic heterocycles. The molecule has 1 saturated heterocycles. The summed E-state index contributed by atoms with van der Waals surface area (Å²) in [4.78, 5) is 36.9. The molecule has 0 radical (unpaired) electrons.